The third-order valence-electron chi connectivity index (χ3n) is 4.59. The highest BCUT2D eigenvalue weighted by Crippen LogP contribution is 2.19. The third-order valence-corrected chi connectivity index (χ3v) is 4.59. The van der Waals surface area contributed by atoms with E-state index in [9.17, 15) is 4.79 Å². The van der Waals surface area contributed by atoms with Gasteiger partial charge in [-0.3, -0.25) is 4.79 Å². The molecule has 0 unspecified atom stereocenters. The summed E-state index contributed by atoms with van der Waals surface area (Å²) in [5.74, 6) is 0. The fourth-order valence-corrected chi connectivity index (χ4v) is 2.91. The van der Waals surface area contributed by atoms with Crippen molar-refractivity contribution in [3.63, 3.8) is 0 Å². The number of benzene rings is 2. The lowest BCUT2D eigenvalue weighted by molar-refractivity contribution is 0.789. The zero-order valence-electron chi connectivity index (χ0n) is 14.5. The van der Waals surface area contributed by atoms with Crippen LogP contribution >= 0.6 is 0 Å². The Balaban J connectivity index is 1.55. The highest BCUT2D eigenvalue weighted by Gasteiger charge is 2.06. The Morgan fingerprint density at radius 3 is 2.65 bits per heavy atom. The Hall–Kier alpha value is -3.48. The summed E-state index contributed by atoms with van der Waals surface area (Å²) in [5.41, 5.74) is 5.61. The van der Waals surface area contributed by atoms with Crippen molar-refractivity contribution in [3.8, 4) is 5.69 Å². The van der Waals surface area contributed by atoms with Gasteiger partial charge in [0, 0.05) is 17.8 Å². The first kappa shape index (κ1) is 16.0. The van der Waals surface area contributed by atoms with Crippen LogP contribution in [0.4, 0.5) is 5.69 Å². The smallest absolute Gasteiger partial charge is 0.253 e. The van der Waals surface area contributed by atoms with Gasteiger partial charge in [-0.15, -0.1) is 5.10 Å². The number of hydrogen-bond donors (Lipinski definition) is 2. The monoisotopic (exact) mass is 346 g/mol. The van der Waals surface area contributed by atoms with E-state index in [2.05, 4.69) is 31.9 Å². The molecule has 26 heavy (non-hydrogen) atoms. The van der Waals surface area contributed by atoms with Gasteiger partial charge in [0.2, 0.25) is 0 Å². The van der Waals surface area contributed by atoms with Crippen molar-refractivity contribution >= 4 is 16.6 Å². The quantitative estimate of drug-likeness (QED) is 0.593. The Morgan fingerprint density at radius 2 is 1.92 bits per heavy atom. The number of fused-ring (bicyclic) bond motifs is 1. The van der Waals surface area contributed by atoms with Gasteiger partial charge in [-0.05, 0) is 71.1 Å². The third kappa shape index (κ3) is 2.95. The van der Waals surface area contributed by atoms with Gasteiger partial charge in [0.05, 0.1) is 11.2 Å². The number of pyridine rings is 1. The summed E-state index contributed by atoms with van der Waals surface area (Å²) in [7, 11) is 0. The summed E-state index contributed by atoms with van der Waals surface area (Å²) >= 11 is 0. The summed E-state index contributed by atoms with van der Waals surface area (Å²) in [5, 5.41) is 15.4. The molecule has 0 saturated heterocycles. The van der Waals surface area contributed by atoms with Crippen molar-refractivity contribution in [3.05, 3.63) is 75.8 Å². The normalized spacial score (nSPS) is 11.0. The highest BCUT2D eigenvalue weighted by atomic mass is 16.1. The predicted molar refractivity (Wildman–Crippen MR) is 101 cm³/mol. The van der Waals surface area contributed by atoms with Crippen LogP contribution in [0.2, 0.25) is 0 Å². The molecule has 0 amide bonds. The molecule has 4 aromatic rings. The van der Waals surface area contributed by atoms with Crippen molar-refractivity contribution in [2.24, 2.45) is 0 Å². The number of tetrazole rings is 1. The van der Waals surface area contributed by atoms with E-state index in [0.29, 0.717) is 12.1 Å². The first-order chi connectivity index (χ1) is 12.6. The van der Waals surface area contributed by atoms with Crippen molar-refractivity contribution in [1.29, 1.82) is 0 Å². The molecule has 0 fully saturated rings. The van der Waals surface area contributed by atoms with Crippen molar-refractivity contribution in [2.45, 2.75) is 20.4 Å². The lowest BCUT2D eigenvalue weighted by Crippen LogP contribution is -2.16. The van der Waals surface area contributed by atoms with Gasteiger partial charge < -0.3 is 10.3 Å². The Labute approximate surface area is 149 Å². The van der Waals surface area contributed by atoms with Gasteiger partial charge in [-0.25, -0.2) is 4.68 Å². The molecule has 7 heteroatoms. The average Bonchev–Trinajstić information content (AvgIpc) is 3.19. The first-order valence-electron chi connectivity index (χ1n) is 8.31. The van der Waals surface area contributed by atoms with Crippen molar-refractivity contribution < 1.29 is 0 Å². The number of aromatic nitrogens is 5. The molecule has 7 nitrogen and oxygen atoms in total. The topological polar surface area (TPSA) is 88.5 Å². The van der Waals surface area contributed by atoms with E-state index in [-0.39, 0.29) is 5.56 Å². The molecule has 130 valence electrons. The van der Waals surface area contributed by atoms with Gasteiger partial charge >= 0.3 is 0 Å². The second-order valence-electron chi connectivity index (χ2n) is 6.25. The maximum atomic E-state index is 12.4. The number of hydrogen-bond acceptors (Lipinski definition) is 5. The van der Waals surface area contributed by atoms with Gasteiger partial charge in [0.25, 0.3) is 5.56 Å². The fraction of sp³-hybridized carbons (Fsp3) is 0.158. The summed E-state index contributed by atoms with van der Waals surface area (Å²) in [6.45, 7) is 4.52. The molecular formula is C19H18N6O. The van der Waals surface area contributed by atoms with Crippen molar-refractivity contribution in [2.75, 3.05) is 5.32 Å². The zero-order chi connectivity index (χ0) is 18.1. The summed E-state index contributed by atoms with van der Waals surface area (Å²) in [4.78, 5) is 15.4. The second-order valence-corrected chi connectivity index (χ2v) is 6.25. The lowest BCUT2D eigenvalue weighted by Gasteiger charge is -2.10. The number of nitrogens with one attached hydrogen (secondary N) is 2. The number of anilines is 1. The second kappa shape index (κ2) is 6.44. The number of aryl methyl sites for hydroxylation is 2. The van der Waals surface area contributed by atoms with E-state index in [1.54, 1.807) is 11.0 Å². The molecule has 0 radical (unpaired) electrons. The van der Waals surface area contributed by atoms with Gasteiger partial charge in [0.15, 0.2) is 0 Å². The maximum absolute atomic E-state index is 12.4. The van der Waals surface area contributed by atoms with Crippen LogP contribution in [0, 0.1) is 13.8 Å². The van der Waals surface area contributed by atoms with E-state index in [1.807, 2.05) is 50.2 Å². The molecular weight excluding hydrogens is 328 g/mol. The molecule has 0 spiro atoms. The standard InChI is InChI=1S/C19H18N6O/c1-12-3-4-14-9-15(19(26)22-18(14)13(12)2)10-20-16-5-7-17(8-6-16)25-11-21-23-24-25/h3-9,11,20H,10H2,1-2H3,(H,22,26). The summed E-state index contributed by atoms with van der Waals surface area (Å²) in [6.07, 6.45) is 1.54. The maximum Gasteiger partial charge on any atom is 0.253 e. The van der Waals surface area contributed by atoms with Crippen LogP contribution < -0.4 is 10.9 Å². The Morgan fingerprint density at radius 1 is 1.12 bits per heavy atom. The average molecular weight is 346 g/mol. The van der Waals surface area contributed by atoms with E-state index < -0.39 is 0 Å². The molecule has 4 rings (SSSR count). The van der Waals surface area contributed by atoms with Crippen molar-refractivity contribution in [1.82, 2.24) is 25.2 Å². The number of H-pyrrole nitrogens is 1. The minimum absolute atomic E-state index is 0.0657. The van der Waals surface area contributed by atoms with Crippen LogP contribution in [-0.4, -0.2) is 25.2 Å². The molecule has 2 aromatic carbocycles. The summed E-state index contributed by atoms with van der Waals surface area (Å²) < 4.78 is 1.59. The van der Waals surface area contributed by atoms with Crippen LogP contribution in [0.5, 0.6) is 0 Å². The molecule has 0 saturated carbocycles. The van der Waals surface area contributed by atoms with Gasteiger partial charge in [0.1, 0.15) is 6.33 Å². The minimum atomic E-state index is -0.0657. The highest BCUT2D eigenvalue weighted by molar-refractivity contribution is 5.83. The zero-order valence-corrected chi connectivity index (χ0v) is 14.5. The molecule has 0 atom stereocenters. The minimum Gasteiger partial charge on any atom is -0.381 e. The molecule has 0 aliphatic rings. The SMILES string of the molecule is Cc1ccc2cc(CNc3ccc(-n4cnnn4)cc3)c(=O)[nH]c2c1C. The number of nitrogens with zero attached hydrogens (tertiary/aromatic N) is 4. The molecule has 2 aromatic heterocycles. The van der Waals surface area contributed by atoms with Crippen LogP contribution in [0.1, 0.15) is 16.7 Å². The predicted octanol–water partition coefficient (Wildman–Crippen LogP) is 2.73. The number of aromatic amines is 1. The summed E-state index contributed by atoms with van der Waals surface area (Å²) in [6, 6.07) is 13.7. The van der Waals surface area contributed by atoms with Crippen LogP contribution in [0.15, 0.2) is 53.6 Å². The largest absolute Gasteiger partial charge is 0.381 e. The van der Waals surface area contributed by atoms with E-state index in [0.717, 1.165) is 27.8 Å². The van der Waals surface area contributed by atoms with Crippen LogP contribution in [-0.2, 0) is 6.54 Å². The van der Waals surface area contributed by atoms with Crippen LogP contribution in [0.25, 0.3) is 16.6 Å². The fourth-order valence-electron chi connectivity index (χ4n) is 2.91. The molecule has 2 heterocycles. The van der Waals surface area contributed by atoms with Gasteiger partial charge in [-0.1, -0.05) is 12.1 Å². The van der Waals surface area contributed by atoms with E-state index in [4.69, 9.17) is 0 Å². The lowest BCUT2D eigenvalue weighted by atomic mass is 10.0. The van der Waals surface area contributed by atoms with E-state index >= 15 is 0 Å². The molecule has 0 aliphatic carbocycles. The first-order valence-corrected chi connectivity index (χ1v) is 8.31. The number of rotatable bonds is 4. The Bertz CT molecular complexity index is 1110. The van der Waals surface area contributed by atoms with E-state index in [1.165, 1.54) is 5.56 Å². The Kier molecular flexibility index (Phi) is 3.96. The van der Waals surface area contributed by atoms with Gasteiger partial charge in [-0.2, -0.15) is 0 Å². The molecule has 2 N–H and O–H groups in total. The van der Waals surface area contributed by atoms with Crippen LogP contribution in [0.3, 0.4) is 0 Å². The molecule has 0 bridgehead atoms. The molecule has 0 aliphatic heterocycles.